The first-order chi connectivity index (χ1) is 13.1. The molecule has 0 fully saturated rings. The summed E-state index contributed by atoms with van der Waals surface area (Å²) in [5.41, 5.74) is -5.30. The Morgan fingerprint density at radius 3 is 1.55 bits per heavy atom. The first-order valence-corrected chi connectivity index (χ1v) is 8.45. The van der Waals surface area contributed by atoms with Gasteiger partial charge in [-0.15, -0.1) is 0 Å². The van der Waals surface area contributed by atoms with Crippen molar-refractivity contribution >= 4 is 11.6 Å². The molecule has 2 aromatic rings. The number of carbonyl (C=O) groups excluding carboxylic acids is 1. The second-order valence-electron chi connectivity index (χ2n) is 7.56. The molecule has 0 unspecified atom stereocenters. The number of rotatable bonds is 3. The largest absolute Gasteiger partial charge is 0.430 e. The van der Waals surface area contributed by atoms with E-state index < -0.39 is 29.4 Å². The Bertz CT molecular complexity index is 848. The van der Waals surface area contributed by atoms with Crippen LogP contribution in [0, 0.1) is 0 Å². The molecule has 0 saturated heterocycles. The van der Waals surface area contributed by atoms with Crippen LogP contribution >= 0.6 is 0 Å². The van der Waals surface area contributed by atoms with Crippen molar-refractivity contribution < 1.29 is 36.2 Å². The van der Waals surface area contributed by atoms with Crippen LogP contribution < -0.4 is 5.32 Å². The third kappa shape index (κ3) is 4.55. The molecule has 1 amide bonds. The van der Waals surface area contributed by atoms with Gasteiger partial charge in [0, 0.05) is 16.8 Å². The molecule has 0 aliphatic carbocycles. The molecular formula is C20H19F6NO2. The van der Waals surface area contributed by atoms with Gasteiger partial charge in [0.15, 0.2) is 0 Å². The van der Waals surface area contributed by atoms with Gasteiger partial charge in [-0.2, -0.15) is 26.3 Å². The van der Waals surface area contributed by atoms with Gasteiger partial charge in [0.05, 0.1) is 0 Å². The lowest BCUT2D eigenvalue weighted by molar-refractivity contribution is -0.376. The molecule has 158 valence electrons. The quantitative estimate of drug-likeness (QED) is 0.641. The number of halogens is 6. The minimum absolute atomic E-state index is 0.0228. The second-order valence-corrected chi connectivity index (χ2v) is 7.56. The highest BCUT2D eigenvalue weighted by Crippen LogP contribution is 2.50. The van der Waals surface area contributed by atoms with E-state index in [-0.39, 0.29) is 16.7 Å². The molecule has 3 nitrogen and oxygen atoms in total. The van der Waals surface area contributed by atoms with Crippen LogP contribution in [0.15, 0.2) is 48.5 Å². The van der Waals surface area contributed by atoms with Crippen molar-refractivity contribution in [3.63, 3.8) is 0 Å². The Morgan fingerprint density at radius 2 is 1.17 bits per heavy atom. The number of alkyl halides is 6. The summed E-state index contributed by atoms with van der Waals surface area (Å²) in [6.07, 6.45) is -11.9. The predicted octanol–water partition coefficient (Wildman–Crippen LogP) is 5.55. The molecule has 2 rings (SSSR count). The van der Waals surface area contributed by atoms with E-state index in [1.54, 1.807) is 24.3 Å². The van der Waals surface area contributed by atoms with Gasteiger partial charge in [0.2, 0.25) is 0 Å². The van der Waals surface area contributed by atoms with E-state index in [1.807, 2.05) is 20.8 Å². The summed E-state index contributed by atoms with van der Waals surface area (Å²) in [7, 11) is 0. The van der Waals surface area contributed by atoms with E-state index in [4.69, 9.17) is 0 Å². The van der Waals surface area contributed by atoms with Crippen LogP contribution in [0.3, 0.4) is 0 Å². The monoisotopic (exact) mass is 419 g/mol. The average molecular weight is 419 g/mol. The van der Waals surface area contributed by atoms with Crippen molar-refractivity contribution in [2.75, 3.05) is 5.32 Å². The van der Waals surface area contributed by atoms with Crippen molar-refractivity contribution in [1.29, 1.82) is 0 Å². The Kier molecular flexibility index (Phi) is 5.77. The minimum Gasteiger partial charge on any atom is -0.369 e. The molecule has 0 aromatic heterocycles. The van der Waals surface area contributed by atoms with E-state index in [0.717, 1.165) is 17.7 Å². The van der Waals surface area contributed by atoms with Gasteiger partial charge in [0.25, 0.3) is 11.5 Å². The van der Waals surface area contributed by atoms with Crippen molar-refractivity contribution in [2.24, 2.45) is 0 Å². The molecule has 0 atom stereocenters. The van der Waals surface area contributed by atoms with Crippen LogP contribution in [-0.4, -0.2) is 23.4 Å². The Labute approximate surface area is 163 Å². The van der Waals surface area contributed by atoms with Crippen molar-refractivity contribution in [3.8, 4) is 0 Å². The Morgan fingerprint density at radius 1 is 0.759 bits per heavy atom. The highest BCUT2D eigenvalue weighted by atomic mass is 19.4. The molecule has 0 aliphatic heterocycles. The van der Waals surface area contributed by atoms with Crippen LogP contribution in [0.25, 0.3) is 0 Å². The van der Waals surface area contributed by atoms with Crippen molar-refractivity contribution in [2.45, 2.75) is 44.1 Å². The van der Waals surface area contributed by atoms with E-state index in [2.05, 4.69) is 5.32 Å². The van der Waals surface area contributed by atoms with Crippen molar-refractivity contribution in [3.05, 3.63) is 65.2 Å². The molecule has 0 heterocycles. The zero-order chi connectivity index (χ0) is 22.3. The SMILES string of the molecule is CC(C)(C)c1ccc(C(=O)Nc2ccc(C(O)(C(F)(F)F)C(F)(F)F)cc2)cc1. The highest BCUT2D eigenvalue weighted by molar-refractivity contribution is 6.04. The normalized spacial score (nSPS) is 13.3. The topological polar surface area (TPSA) is 49.3 Å². The number of nitrogens with one attached hydrogen (secondary N) is 1. The smallest absolute Gasteiger partial charge is 0.369 e. The standard InChI is InChI=1S/C20H19F6NO2/c1-17(2,3)13-6-4-12(5-7-13)16(28)27-15-10-8-14(9-11-15)18(29,19(21,22)23)20(24,25)26/h4-11,29H,1-3H3,(H,27,28). The lowest BCUT2D eigenvalue weighted by Crippen LogP contribution is -2.53. The van der Waals surface area contributed by atoms with Crippen LogP contribution in [0.1, 0.15) is 42.3 Å². The number of anilines is 1. The number of benzene rings is 2. The third-order valence-electron chi connectivity index (χ3n) is 4.39. The number of carbonyl (C=O) groups is 1. The van der Waals surface area contributed by atoms with Gasteiger partial charge in [0.1, 0.15) is 0 Å². The fraction of sp³-hybridized carbons (Fsp3) is 0.350. The first-order valence-electron chi connectivity index (χ1n) is 8.45. The second kappa shape index (κ2) is 7.37. The van der Waals surface area contributed by atoms with Gasteiger partial charge in [-0.3, -0.25) is 4.79 Å². The molecule has 0 saturated carbocycles. The Balaban J connectivity index is 2.23. The summed E-state index contributed by atoms with van der Waals surface area (Å²) in [5, 5.41) is 11.8. The van der Waals surface area contributed by atoms with Gasteiger partial charge >= 0.3 is 12.4 Å². The minimum atomic E-state index is -5.97. The van der Waals surface area contributed by atoms with Gasteiger partial charge in [-0.05, 0) is 35.2 Å². The summed E-state index contributed by atoms with van der Waals surface area (Å²) in [4.78, 5) is 12.3. The molecule has 2 N–H and O–H groups in total. The fourth-order valence-electron chi connectivity index (χ4n) is 2.61. The van der Waals surface area contributed by atoms with E-state index in [9.17, 15) is 36.2 Å². The molecule has 29 heavy (non-hydrogen) atoms. The van der Waals surface area contributed by atoms with Gasteiger partial charge in [-0.1, -0.05) is 45.0 Å². The van der Waals surface area contributed by atoms with Gasteiger partial charge < -0.3 is 10.4 Å². The summed E-state index contributed by atoms with van der Waals surface area (Å²) in [6, 6.07) is 9.30. The van der Waals surface area contributed by atoms with Crippen LogP contribution in [-0.2, 0) is 11.0 Å². The summed E-state index contributed by atoms with van der Waals surface area (Å²) < 4.78 is 77.4. The summed E-state index contributed by atoms with van der Waals surface area (Å²) >= 11 is 0. The molecule has 2 aromatic carbocycles. The summed E-state index contributed by atoms with van der Waals surface area (Å²) in [5.74, 6) is -0.583. The number of hydrogen-bond acceptors (Lipinski definition) is 2. The maximum Gasteiger partial charge on any atom is 0.430 e. The van der Waals surface area contributed by atoms with E-state index >= 15 is 0 Å². The predicted molar refractivity (Wildman–Crippen MR) is 95.5 cm³/mol. The Hall–Kier alpha value is -2.55. The van der Waals surface area contributed by atoms with Crippen LogP contribution in [0.5, 0.6) is 0 Å². The molecule has 0 radical (unpaired) electrons. The fourth-order valence-corrected chi connectivity index (χ4v) is 2.61. The zero-order valence-corrected chi connectivity index (χ0v) is 15.7. The maximum atomic E-state index is 12.9. The third-order valence-corrected chi connectivity index (χ3v) is 4.39. The average Bonchev–Trinajstić information content (AvgIpc) is 2.59. The zero-order valence-electron chi connectivity index (χ0n) is 15.7. The number of hydrogen-bond donors (Lipinski definition) is 2. The number of amides is 1. The van der Waals surface area contributed by atoms with Crippen LogP contribution in [0.2, 0.25) is 0 Å². The van der Waals surface area contributed by atoms with E-state index in [0.29, 0.717) is 12.1 Å². The first kappa shape index (κ1) is 22.7. The molecule has 0 aliphatic rings. The van der Waals surface area contributed by atoms with Crippen LogP contribution in [0.4, 0.5) is 32.0 Å². The maximum absolute atomic E-state index is 12.9. The molecule has 9 heteroatoms. The molecular weight excluding hydrogens is 400 g/mol. The van der Waals surface area contributed by atoms with Gasteiger partial charge in [-0.25, -0.2) is 0 Å². The number of aliphatic hydroxyl groups is 1. The molecule has 0 bridgehead atoms. The lowest BCUT2D eigenvalue weighted by Gasteiger charge is -2.32. The highest BCUT2D eigenvalue weighted by Gasteiger charge is 2.71. The molecule has 0 spiro atoms. The van der Waals surface area contributed by atoms with E-state index in [1.165, 1.54) is 0 Å². The lowest BCUT2D eigenvalue weighted by atomic mass is 9.86. The summed E-state index contributed by atoms with van der Waals surface area (Å²) in [6.45, 7) is 5.98. The van der Waals surface area contributed by atoms with Crippen molar-refractivity contribution in [1.82, 2.24) is 0 Å².